The van der Waals surface area contributed by atoms with Gasteiger partial charge in [-0.25, -0.2) is 0 Å². The lowest BCUT2D eigenvalue weighted by Gasteiger charge is -2.07. The first kappa shape index (κ1) is 35.9. The predicted molar refractivity (Wildman–Crippen MR) is 155 cm³/mol. The Bertz CT molecular complexity index is 480. The van der Waals surface area contributed by atoms with Crippen LogP contribution in [0.25, 0.3) is 0 Å². The van der Waals surface area contributed by atoms with Gasteiger partial charge in [-0.1, -0.05) is 142 Å². The minimum absolute atomic E-state index is 0.140. The summed E-state index contributed by atoms with van der Waals surface area (Å²) >= 11 is 0. The summed E-state index contributed by atoms with van der Waals surface area (Å²) < 4.78 is 15.8. The highest BCUT2D eigenvalue weighted by atomic mass is 16.6. The van der Waals surface area contributed by atoms with Crippen LogP contribution in [-0.2, 0) is 23.8 Å². The summed E-state index contributed by atoms with van der Waals surface area (Å²) in [5.41, 5.74) is 0. The highest BCUT2D eigenvalue weighted by molar-refractivity contribution is 5.69. The second kappa shape index (κ2) is 31.1. The number of carbonyl (C=O) groups excluding carboxylic acids is 2. The van der Waals surface area contributed by atoms with Gasteiger partial charge in [-0.2, -0.15) is 0 Å². The summed E-state index contributed by atoms with van der Waals surface area (Å²) in [7, 11) is 0. The molecular formula is C32H62O5. The quantitative estimate of drug-likeness (QED) is 0.0689. The predicted octanol–water partition coefficient (Wildman–Crippen LogP) is 9.49. The molecule has 0 aliphatic rings. The third-order valence-corrected chi connectivity index (χ3v) is 6.95. The molecule has 0 N–H and O–H groups in total. The van der Waals surface area contributed by atoms with Crippen LogP contribution in [0.15, 0.2) is 0 Å². The van der Waals surface area contributed by atoms with Crippen molar-refractivity contribution in [3.8, 4) is 0 Å². The number of unbranched alkanes of at least 4 members (excludes halogenated alkanes) is 20. The molecule has 0 aliphatic carbocycles. The summed E-state index contributed by atoms with van der Waals surface area (Å²) in [4.78, 5) is 23.5. The summed E-state index contributed by atoms with van der Waals surface area (Å²) in [6.45, 7) is 5.74. The van der Waals surface area contributed by atoms with Crippen molar-refractivity contribution in [1.29, 1.82) is 0 Å². The third-order valence-electron chi connectivity index (χ3n) is 6.95. The first-order chi connectivity index (χ1) is 18.2. The lowest BCUT2D eigenvalue weighted by Crippen LogP contribution is -2.14. The molecule has 0 aromatic heterocycles. The Labute approximate surface area is 230 Å². The average Bonchev–Trinajstić information content (AvgIpc) is 2.89. The fourth-order valence-corrected chi connectivity index (χ4v) is 4.54. The van der Waals surface area contributed by atoms with Gasteiger partial charge < -0.3 is 14.2 Å². The van der Waals surface area contributed by atoms with Crippen LogP contribution < -0.4 is 0 Å². The smallest absolute Gasteiger partial charge is 0.305 e. The molecule has 0 rings (SSSR count). The number of carbonyl (C=O) groups is 2. The first-order valence-corrected chi connectivity index (χ1v) is 16.1. The second-order valence-electron chi connectivity index (χ2n) is 10.6. The van der Waals surface area contributed by atoms with E-state index in [1.807, 2.05) is 0 Å². The van der Waals surface area contributed by atoms with Gasteiger partial charge in [0.15, 0.2) is 0 Å². The Hall–Kier alpha value is -1.10. The molecule has 0 amide bonds. The van der Waals surface area contributed by atoms with Gasteiger partial charge in [0.2, 0.25) is 0 Å². The molecule has 37 heavy (non-hydrogen) atoms. The van der Waals surface area contributed by atoms with Crippen LogP contribution in [0.3, 0.4) is 0 Å². The van der Waals surface area contributed by atoms with Gasteiger partial charge in [0.1, 0.15) is 13.2 Å². The lowest BCUT2D eigenvalue weighted by molar-refractivity contribution is -0.146. The number of esters is 2. The van der Waals surface area contributed by atoms with Crippen LogP contribution in [0.2, 0.25) is 0 Å². The molecule has 0 heterocycles. The molecule has 5 nitrogen and oxygen atoms in total. The Morgan fingerprint density at radius 2 is 0.649 bits per heavy atom. The van der Waals surface area contributed by atoms with Crippen LogP contribution in [0, 0.1) is 0 Å². The summed E-state index contributed by atoms with van der Waals surface area (Å²) in [6.07, 6.45) is 29.0. The molecule has 0 aromatic carbocycles. The normalized spacial score (nSPS) is 11.1. The molecule has 0 radical (unpaired) electrons. The van der Waals surface area contributed by atoms with Gasteiger partial charge in [-0.3, -0.25) is 9.59 Å². The lowest BCUT2D eigenvalue weighted by atomic mass is 10.0. The Balaban J connectivity index is 3.25. The van der Waals surface area contributed by atoms with E-state index in [-0.39, 0.29) is 25.2 Å². The van der Waals surface area contributed by atoms with E-state index >= 15 is 0 Å². The van der Waals surface area contributed by atoms with Gasteiger partial charge in [0.25, 0.3) is 0 Å². The molecule has 0 aliphatic heterocycles. The SMILES string of the molecule is CCCCCCCCCCCCCCCC(=O)OCCOCCOC(=O)CCCCCCCCCCC. The maximum atomic E-state index is 11.8. The Morgan fingerprint density at radius 1 is 0.378 bits per heavy atom. The highest BCUT2D eigenvalue weighted by Crippen LogP contribution is 2.13. The molecule has 0 spiro atoms. The topological polar surface area (TPSA) is 61.8 Å². The number of rotatable bonds is 30. The van der Waals surface area contributed by atoms with Crippen LogP contribution in [0.1, 0.15) is 168 Å². The molecule has 220 valence electrons. The van der Waals surface area contributed by atoms with Gasteiger partial charge in [-0.15, -0.1) is 0 Å². The molecule has 5 heteroatoms. The minimum atomic E-state index is -0.143. The van der Waals surface area contributed by atoms with E-state index in [0.717, 1.165) is 25.7 Å². The second-order valence-corrected chi connectivity index (χ2v) is 10.6. The number of hydrogen-bond donors (Lipinski definition) is 0. The monoisotopic (exact) mass is 526 g/mol. The molecule has 0 bridgehead atoms. The van der Waals surface area contributed by atoms with Crippen LogP contribution >= 0.6 is 0 Å². The van der Waals surface area contributed by atoms with Gasteiger partial charge in [0, 0.05) is 12.8 Å². The van der Waals surface area contributed by atoms with E-state index in [1.54, 1.807) is 0 Å². The average molecular weight is 527 g/mol. The summed E-state index contributed by atoms with van der Waals surface area (Å²) in [5, 5.41) is 0. The van der Waals surface area contributed by atoms with Crippen LogP contribution in [-0.4, -0.2) is 38.4 Å². The van der Waals surface area contributed by atoms with Crippen LogP contribution in [0.5, 0.6) is 0 Å². The highest BCUT2D eigenvalue weighted by Gasteiger charge is 2.04. The summed E-state index contributed by atoms with van der Waals surface area (Å²) in [5.74, 6) is -0.283. The molecule has 0 aromatic rings. The van der Waals surface area contributed by atoms with Crippen molar-refractivity contribution in [3.05, 3.63) is 0 Å². The van der Waals surface area contributed by atoms with E-state index in [1.165, 1.54) is 116 Å². The number of hydrogen-bond acceptors (Lipinski definition) is 5. The number of ether oxygens (including phenoxy) is 3. The maximum Gasteiger partial charge on any atom is 0.305 e. The van der Waals surface area contributed by atoms with E-state index in [9.17, 15) is 9.59 Å². The molecule has 0 saturated carbocycles. The zero-order valence-electron chi connectivity index (χ0n) is 24.8. The third kappa shape index (κ3) is 31.0. The van der Waals surface area contributed by atoms with E-state index < -0.39 is 0 Å². The Kier molecular flexibility index (Phi) is 30.2. The van der Waals surface area contributed by atoms with E-state index in [0.29, 0.717) is 26.1 Å². The van der Waals surface area contributed by atoms with Crippen molar-refractivity contribution in [1.82, 2.24) is 0 Å². The minimum Gasteiger partial charge on any atom is -0.463 e. The van der Waals surface area contributed by atoms with Gasteiger partial charge in [-0.05, 0) is 12.8 Å². The van der Waals surface area contributed by atoms with Crippen molar-refractivity contribution < 1.29 is 23.8 Å². The molecule has 0 atom stereocenters. The standard InChI is InChI=1S/C32H62O5/c1-3-5-7-9-11-13-14-15-16-18-20-22-24-26-32(34)37-30-28-35-27-29-36-31(33)25-23-21-19-17-12-10-8-6-4-2/h3-30H2,1-2H3. The molecule has 0 saturated heterocycles. The molecular weight excluding hydrogens is 464 g/mol. The zero-order valence-corrected chi connectivity index (χ0v) is 24.8. The Morgan fingerprint density at radius 3 is 0.946 bits per heavy atom. The largest absolute Gasteiger partial charge is 0.463 e. The van der Waals surface area contributed by atoms with Crippen molar-refractivity contribution in [2.24, 2.45) is 0 Å². The van der Waals surface area contributed by atoms with Gasteiger partial charge >= 0.3 is 11.9 Å². The van der Waals surface area contributed by atoms with Crippen molar-refractivity contribution in [2.75, 3.05) is 26.4 Å². The van der Waals surface area contributed by atoms with E-state index in [2.05, 4.69) is 13.8 Å². The van der Waals surface area contributed by atoms with Gasteiger partial charge in [0.05, 0.1) is 13.2 Å². The zero-order chi connectivity index (χ0) is 27.1. The van der Waals surface area contributed by atoms with Crippen molar-refractivity contribution >= 4 is 11.9 Å². The van der Waals surface area contributed by atoms with E-state index in [4.69, 9.17) is 14.2 Å². The summed E-state index contributed by atoms with van der Waals surface area (Å²) in [6, 6.07) is 0. The fourth-order valence-electron chi connectivity index (χ4n) is 4.54. The van der Waals surface area contributed by atoms with Crippen molar-refractivity contribution in [3.63, 3.8) is 0 Å². The molecule has 0 fully saturated rings. The van der Waals surface area contributed by atoms with Crippen molar-refractivity contribution in [2.45, 2.75) is 168 Å². The molecule has 0 unspecified atom stereocenters. The van der Waals surface area contributed by atoms with Crippen LogP contribution in [0.4, 0.5) is 0 Å². The first-order valence-electron chi connectivity index (χ1n) is 16.1. The fraction of sp³-hybridized carbons (Fsp3) is 0.938. The maximum absolute atomic E-state index is 11.8.